The molecule has 0 radical (unpaired) electrons. The van der Waals surface area contributed by atoms with Gasteiger partial charge in [0, 0.05) is 13.6 Å². The van der Waals surface area contributed by atoms with Crippen LogP contribution in [0.15, 0.2) is 18.2 Å². The van der Waals surface area contributed by atoms with E-state index in [9.17, 15) is 4.79 Å². The lowest BCUT2D eigenvalue weighted by Crippen LogP contribution is -2.28. The van der Waals surface area contributed by atoms with Crippen molar-refractivity contribution >= 4 is 5.91 Å². The number of hydrogen-bond donors (Lipinski definition) is 1. The third kappa shape index (κ3) is 3.06. The molecule has 3 nitrogen and oxygen atoms in total. The third-order valence-electron chi connectivity index (χ3n) is 2.47. The molecule has 1 rings (SSSR count). The fraction of sp³-hybridized carbons (Fsp3) is 0.417. The molecule has 0 saturated carbocycles. The molecular formula is C12H17NO2. The molecule has 0 spiro atoms. The second-order valence-corrected chi connectivity index (χ2v) is 3.84. The van der Waals surface area contributed by atoms with Crippen LogP contribution in [0.5, 0.6) is 0 Å². The van der Waals surface area contributed by atoms with Gasteiger partial charge in [-0.3, -0.25) is 4.79 Å². The van der Waals surface area contributed by atoms with Crippen molar-refractivity contribution in [3.63, 3.8) is 0 Å². The molecule has 0 heterocycles. The summed E-state index contributed by atoms with van der Waals surface area (Å²) in [6.07, 6.45) is 0. The summed E-state index contributed by atoms with van der Waals surface area (Å²) in [5, 5.41) is 8.71. The van der Waals surface area contributed by atoms with E-state index in [4.69, 9.17) is 5.11 Å². The van der Waals surface area contributed by atoms with Crippen LogP contribution in [0.1, 0.15) is 16.7 Å². The summed E-state index contributed by atoms with van der Waals surface area (Å²) in [7, 11) is 1.69. The predicted molar refractivity (Wildman–Crippen MR) is 59.5 cm³/mol. The van der Waals surface area contributed by atoms with E-state index in [0.29, 0.717) is 6.54 Å². The molecule has 1 aromatic rings. The van der Waals surface area contributed by atoms with Crippen molar-refractivity contribution in [1.82, 2.24) is 4.90 Å². The van der Waals surface area contributed by atoms with Gasteiger partial charge >= 0.3 is 0 Å². The summed E-state index contributed by atoms with van der Waals surface area (Å²) in [5.74, 6) is -0.255. The molecule has 0 aromatic heterocycles. The lowest BCUT2D eigenvalue weighted by atomic mass is 10.1. The number of benzene rings is 1. The Hall–Kier alpha value is -1.35. The van der Waals surface area contributed by atoms with E-state index >= 15 is 0 Å². The minimum absolute atomic E-state index is 0.255. The van der Waals surface area contributed by atoms with Crippen LogP contribution in [-0.2, 0) is 11.3 Å². The maximum atomic E-state index is 11.2. The molecule has 0 unspecified atom stereocenters. The Kier molecular flexibility index (Phi) is 3.86. The number of aliphatic hydroxyl groups excluding tert-OH is 1. The molecule has 1 N–H and O–H groups in total. The van der Waals surface area contributed by atoms with Crippen molar-refractivity contribution in [2.45, 2.75) is 20.4 Å². The first-order valence-corrected chi connectivity index (χ1v) is 4.95. The third-order valence-corrected chi connectivity index (χ3v) is 2.47. The van der Waals surface area contributed by atoms with E-state index in [1.165, 1.54) is 16.0 Å². The summed E-state index contributed by atoms with van der Waals surface area (Å²) in [6.45, 7) is 4.19. The fourth-order valence-electron chi connectivity index (χ4n) is 1.49. The minimum atomic E-state index is -0.429. The molecule has 0 aliphatic rings. The second kappa shape index (κ2) is 4.94. The van der Waals surface area contributed by atoms with Gasteiger partial charge in [-0.15, -0.1) is 0 Å². The van der Waals surface area contributed by atoms with Crippen LogP contribution in [0.25, 0.3) is 0 Å². The minimum Gasteiger partial charge on any atom is -0.387 e. The molecule has 0 aliphatic heterocycles. The molecule has 15 heavy (non-hydrogen) atoms. The topological polar surface area (TPSA) is 40.5 Å². The fourth-order valence-corrected chi connectivity index (χ4v) is 1.49. The normalized spacial score (nSPS) is 10.1. The van der Waals surface area contributed by atoms with Crippen molar-refractivity contribution in [2.24, 2.45) is 0 Å². The molecule has 0 bridgehead atoms. The van der Waals surface area contributed by atoms with Crippen molar-refractivity contribution in [3.05, 3.63) is 34.9 Å². The second-order valence-electron chi connectivity index (χ2n) is 3.84. The van der Waals surface area contributed by atoms with Crippen molar-refractivity contribution in [2.75, 3.05) is 13.7 Å². The number of likely N-dealkylation sites (N-methyl/N-ethyl adjacent to an activating group) is 1. The SMILES string of the molecule is Cc1ccc(CN(C)C(=O)CO)c(C)c1. The van der Waals surface area contributed by atoms with Crippen LogP contribution < -0.4 is 0 Å². The van der Waals surface area contributed by atoms with Gasteiger partial charge in [0.15, 0.2) is 0 Å². The Balaban J connectivity index is 2.76. The monoisotopic (exact) mass is 207 g/mol. The van der Waals surface area contributed by atoms with Crippen LogP contribution in [0, 0.1) is 13.8 Å². The molecule has 1 amide bonds. The number of nitrogens with zero attached hydrogens (tertiary/aromatic N) is 1. The first kappa shape index (κ1) is 11.7. The van der Waals surface area contributed by atoms with Crippen LogP contribution in [-0.4, -0.2) is 29.6 Å². The van der Waals surface area contributed by atoms with Crippen molar-refractivity contribution in [3.8, 4) is 0 Å². The van der Waals surface area contributed by atoms with Gasteiger partial charge < -0.3 is 10.0 Å². The number of amides is 1. The maximum absolute atomic E-state index is 11.2. The van der Waals surface area contributed by atoms with Crippen molar-refractivity contribution < 1.29 is 9.90 Å². The van der Waals surface area contributed by atoms with Gasteiger partial charge in [0.05, 0.1) is 0 Å². The van der Waals surface area contributed by atoms with Gasteiger partial charge in [0.25, 0.3) is 0 Å². The van der Waals surface area contributed by atoms with Crippen LogP contribution in [0.2, 0.25) is 0 Å². The number of carbonyl (C=O) groups excluding carboxylic acids is 1. The first-order chi connectivity index (χ1) is 7.04. The summed E-state index contributed by atoms with van der Waals surface area (Å²) in [4.78, 5) is 12.7. The summed E-state index contributed by atoms with van der Waals surface area (Å²) >= 11 is 0. The number of aliphatic hydroxyl groups is 1. The Morgan fingerprint density at radius 3 is 2.60 bits per heavy atom. The Bertz CT molecular complexity index is 361. The zero-order chi connectivity index (χ0) is 11.4. The maximum Gasteiger partial charge on any atom is 0.248 e. The average Bonchev–Trinajstić information content (AvgIpc) is 2.20. The van der Waals surface area contributed by atoms with Gasteiger partial charge in [0.2, 0.25) is 5.91 Å². The summed E-state index contributed by atoms with van der Waals surface area (Å²) in [6, 6.07) is 6.14. The van der Waals surface area contributed by atoms with Crippen LogP contribution in [0.3, 0.4) is 0 Å². The molecule has 0 fully saturated rings. The Morgan fingerprint density at radius 2 is 2.07 bits per heavy atom. The highest BCUT2D eigenvalue weighted by Gasteiger charge is 2.08. The van der Waals surface area contributed by atoms with Gasteiger partial charge in [-0.1, -0.05) is 23.8 Å². The number of hydrogen-bond acceptors (Lipinski definition) is 2. The zero-order valence-corrected chi connectivity index (χ0v) is 9.45. The molecule has 3 heteroatoms. The number of carbonyl (C=O) groups is 1. The molecule has 0 aliphatic carbocycles. The van der Waals surface area contributed by atoms with Gasteiger partial charge in [0.1, 0.15) is 6.61 Å². The van der Waals surface area contributed by atoms with E-state index in [1.807, 2.05) is 26.0 Å². The smallest absolute Gasteiger partial charge is 0.248 e. The highest BCUT2D eigenvalue weighted by molar-refractivity contribution is 5.76. The van der Waals surface area contributed by atoms with E-state index in [2.05, 4.69) is 6.07 Å². The van der Waals surface area contributed by atoms with Gasteiger partial charge in [-0.2, -0.15) is 0 Å². The molecule has 0 atom stereocenters. The van der Waals surface area contributed by atoms with E-state index in [0.717, 1.165) is 5.56 Å². The zero-order valence-electron chi connectivity index (χ0n) is 9.45. The average molecular weight is 207 g/mol. The van der Waals surface area contributed by atoms with E-state index in [1.54, 1.807) is 7.05 Å². The Morgan fingerprint density at radius 1 is 1.40 bits per heavy atom. The number of aryl methyl sites for hydroxylation is 2. The summed E-state index contributed by atoms with van der Waals surface area (Å²) in [5.41, 5.74) is 3.50. The van der Waals surface area contributed by atoms with Crippen molar-refractivity contribution in [1.29, 1.82) is 0 Å². The lowest BCUT2D eigenvalue weighted by molar-refractivity contribution is -0.133. The molecule has 82 valence electrons. The molecule has 1 aromatic carbocycles. The summed E-state index contributed by atoms with van der Waals surface area (Å²) < 4.78 is 0. The largest absolute Gasteiger partial charge is 0.387 e. The molecule has 0 saturated heterocycles. The Labute approximate surface area is 90.3 Å². The predicted octanol–water partition coefficient (Wildman–Crippen LogP) is 1.25. The molecular weight excluding hydrogens is 190 g/mol. The van der Waals surface area contributed by atoms with Gasteiger partial charge in [-0.05, 0) is 25.0 Å². The highest BCUT2D eigenvalue weighted by atomic mass is 16.3. The number of rotatable bonds is 3. The van der Waals surface area contributed by atoms with E-state index in [-0.39, 0.29) is 5.91 Å². The highest BCUT2D eigenvalue weighted by Crippen LogP contribution is 2.12. The standard InChI is InChI=1S/C12H17NO2/c1-9-4-5-11(10(2)6-9)7-13(3)12(15)8-14/h4-6,14H,7-8H2,1-3H3. The van der Waals surface area contributed by atoms with Crippen LogP contribution in [0.4, 0.5) is 0 Å². The van der Waals surface area contributed by atoms with Gasteiger partial charge in [-0.25, -0.2) is 0 Å². The lowest BCUT2D eigenvalue weighted by Gasteiger charge is -2.17. The first-order valence-electron chi connectivity index (χ1n) is 4.95. The van der Waals surface area contributed by atoms with Crippen LogP contribution >= 0.6 is 0 Å². The van der Waals surface area contributed by atoms with E-state index < -0.39 is 6.61 Å². The quantitative estimate of drug-likeness (QED) is 0.810.